The Morgan fingerprint density at radius 3 is 2.51 bits per heavy atom. The number of H-pyrrole nitrogens is 1. The third-order valence-electron chi connectivity index (χ3n) is 5.24. The highest BCUT2D eigenvalue weighted by atomic mass is 16.5. The smallest absolute Gasteiger partial charge is 0.272 e. The first kappa shape index (κ1) is 23.6. The minimum absolute atomic E-state index is 0.186. The quantitative estimate of drug-likeness (QED) is 0.377. The lowest BCUT2D eigenvalue weighted by molar-refractivity contribution is 0.102. The van der Waals surface area contributed by atoms with E-state index in [2.05, 4.69) is 15.3 Å². The zero-order valence-electron chi connectivity index (χ0n) is 19.4. The minimum atomic E-state index is -0.403. The number of carbonyl (C=O) groups is 1. The van der Waals surface area contributed by atoms with Gasteiger partial charge in [-0.05, 0) is 42.0 Å². The molecule has 4 aromatic rings. The Hall–Kier alpha value is -4.59. The molecule has 0 aliphatic rings. The number of aromatic amines is 1. The van der Waals surface area contributed by atoms with Gasteiger partial charge in [-0.2, -0.15) is 0 Å². The third kappa shape index (κ3) is 6.05. The summed E-state index contributed by atoms with van der Waals surface area (Å²) in [6.45, 7) is 0.442. The van der Waals surface area contributed by atoms with Gasteiger partial charge in [0.05, 0.1) is 26.5 Å². The molecule has 8 heteroatoms. The number of nitrogens with one attached hydrogen (secondary N) is 2. The van der Waals surface area contributed by atoms with E-state index in [1.54, 1.807) is 32.4 Å². The van der Waals surface area contributed by atoms with E-state index in [0.29, 0.717) is 41.8 Å². The number of anilines is 1. The van der Waals surface area contributed by atoms with Crippen molar-refractivity contribution in [1.29, 1.82) is 0 Å². The van der Waals surface area contributed by atoms with Crippen LogP contribution in [0.4, 0.5) is 5.69 Å². The maximum absolute atomic E-state index is 12.4. The predicted octanol–water partition coefficient (Wildman–Crippen LogP) is 4.33. The van der Waals surface area contributed by atoms with Crippen molar-refractivity contribution < 1.29 is 19.0 Å². The molecule has 2 aromatic heterocycles. The maximum Gasteiger partial charge on any atom is 0.272 e. The van der Waals surface area contributed by atoms with Gasteiger partial charge in [-0.1, -0.05) is 30.3 Å². The Morgan fingerprint density at radius 2 is 1.71 bits per heavy atom. The molecule has 0 radical (unpaired) electrons. The van der Waals surface area contributed by atoms with Crippen LogP contribution in [0.25, 0.3) is 11.3 Å². The molecule has 2 N–H and O–H groups in total. The van der Waals surface area contributed by atoms with Crippen LogP contribution in [0.3, 0.4) is 0 Å². The summed E-state index contributed by atoms with van der Waals surface area (Å²) in [6, 6.07) is 23.0. The Balaban J connectivity index is 1.41. The van der Waals surface area contributed by atoms with Crippen molar-refractivity contribution in [2.75, 3.05) is 26.1 Å². The maximum atomic E-state index is 12.4. The molecule has 0 aliphatic heterocycles. The molecule has 0 saturated carbocycles. The van der Waals surface area contributed by atoms with E-state index in [1.807, 2.05) is 48.5 Å². The summed E-state index contributed by atoms with van der Waals surface area (Å²) in [5.74, 6) is 1.46. The monoisotopic (exact) mass is 471 g/mol. The number of methoxy groups -OCH3 is 2. The fourth-order valence-electron chi connectivity index (χ4n) is 3.50. The number of carbonyl (C=O) groups excluding carboxylic acids is 1. The first-order valence-electron chi connectivity index (χ1n) is 11.0. The van der Waals surface area contributed by atoms with E-state index in [0.717, 1.165) is 11.1 Å². The average molecular weight is 472 g/mol. The molecule has 0 saturated heterocycles. The van der Waals surface area contributed by atoms with Gasteiger partial charge in [0.2, 0.25) is 11.4 Å². The summed E-state index contributed by atoms with van der Waals surface area (Å²) in [5, 5.41) is 2.79. The second-order valence-corrected chi connectivity index (χ2v) is 7.61. The molecule has 0 atom stereocenters. The van der Waals surface area contributed by atoms with Crippen molar-refractivity contribution in [3.63, 3.8) is 0 Å². The highest BCUT2D eigenvalue weighted by molar-refractivity contribution is 6.03. The number of ether oxygens (including phenoxy) is 3. The van der Waals surface area contributed by atoms with Crippen LogP contribution in [0.5, 0.6) is 17.4 Å². The molecule has 0 unspecified atom stereocenters. The first-order chi connectivity index (χ1) is 17.1. The number of hydrogen-bond donors (Lipinski definition) is 2. The first-order valence-corrected chi connectivity index (χ1v) is 11.0. The standard InChI is InChI=1S/C27H25N3O5/c1-33-23-13-12-18(16-24(23)34-2)14-15-35-26-11-5-8-21(30-26)19-6-3-7-20(17-19)28-27(32)22-9-4-10-25(31)29-22/h3-13,16-17H,14-15H2,1-2H3,(H,28,32)(H,29,31). The molecule has 178 valence electrons. The van der Waals surface area contributed by atoms with Crippen LogP contribution in [0, 0.1) is 0 Å². The van der Waals surface area contributed by atoms with Gasteiger partial charge in [-0.3, -0.25) is 9.59 Å². The third-order valence-corrected chi connectivity index (χ3v) is 5.24. The van der Waals surface area contributed by atoms with Gasteiger partial charge < -0.3 is 24.5 Å². The molecule has 2 aromatic carbocycles. The highest BCUT2D eigenvalue weighted by Crippen LogP contribution is 2.28. The molecule has 8 nitrogen and oxygen atoms in total. The van der Waals surface area contributed by atoms with E-state index in [-0.39, 0.29) is 11.3 Å². The summed E-state index contributed by atoms with van der Waals surface area (Å²) in [5.41, 5.74) is 3.01. The van der Waals surface area contributed by atoms with Crippen molar-refractivity contribution in [2.24, 2.45) is 0 Å². The van der Waals surface area contributed by atoms with Crippen LogP contribution >= 0.6 is 0 Å². The van der Waals surface area contributed by atoms with Gasteiger partial charge in [0.15, 0.2) is 11.5 Å². The predicted molar refractivity (Wildman–Crippen MR) is 133 cm³/mol. The summed E-state index contributed by atoms with van der Waals surface area (Å²) in [7, 11) is 3.21. The molecule has 4 rings (SSSR count). The van der Waals surface area contributed by atoms with Gasteiger partial charge in [0.25, 0.3) is 5.91 Å². The fraction of sp³-hybridized carbons (Fsp3) is 0.148. The van der Waals surface area contributed by atoms with Crippen LogP contribution in [-0.4, -0.2) is 36.7 Å². The Labute approximate surface area is 202 Å². The van der Waals surface area contributed by atoms with Crippen LogP contribution < -0.4 is 25.1 Å². The van der Waals surface area contributed by atoms with Gasteiger partial charge >= 0.3 is 0 Å². The van der Waals surface area contributed by atoms with Crippen molar-refractivity contribution in [2.45, 2.75) is 6.42 Å². The van der Waals surface area contributed by atoms with Crippen molar-refractivity contribution >= 4 is 11.6 Å². The van der Waals surface area contributed by atoms with Crippen molar-refractivity contribution in [3.05, 3.63) is 100 Å². The number of benzene rings is 2. The van der Waals surface area contributed by atoms with Crippen LogP contribution in [0.1, 0.15) is 16.1 Å². The summed E-state index contributed by atoms with van der Waals surface area (Å²) in [4.78, 5) is 31.0. The summed E-state index contributed by atoms with van der Waals surface area (Å²) in [6.07, 6.45) is 0.676. The molecule has 35 heavy (non-hydrogen) atoms. The minimum Gasteiger partial charge on any atom is -0.493 e. The Morgan fingerprint density at radius 1 is 0.914 bits per heavy atom. The zero-order valence-corrected chi connectivity index (χ0v) is 19.4. The van der Waals surface area contributed by atoms with Crippen LogP contribution in [0.2, 0.25) is 0 Å². The zero-order chi connectivity index (χ0) is 24.6. The molecule has 0 aliphatic carbocycles. The molecular formula is C27H25N3O5. The average Bonchev–Trinajstić information content (AvgIpc) is 2.89. The Kier molecular flexibility index (Phi) is 7.42. The number of aromatic nitrogens is 2. The topological polar surface area (TPSA) is 103 Å². The molecular weight excluding hydrogens is 446 g/mol. The van der Waals surface area contributed by atoms with Gasteiger partial charge in [0.1, 0.15) is 5.69 Å². The van der Waals surface area contributed by atoms with Crippen LogP contribution in [-0.2, 0) is 6.42 Å². The lowest BCUT2D eigenvalue weighted by Gasteiger charge is -2.11. The van der Waals surface area contributed by atoms with Crippen molar-refractivity contribution in [1.82, 2.24) is 9.97 Å². The largest absolute Gasteiger partial charge is 0.493 e. The van der Waals surface area contributed by atoms with Crippen LogP contribution in [0.15, 0.2) is 83.7 Å². The van der Waals surface area contributed by atoms with E-state index in [9.17, 15) is 9.59 Å². The van der Waals surface area contributed by atoms with Gasteiger partial charge in [0, 0.05) is 29.8 Å². The number of amides is 1. The number of pyridine rings is 2. The number of nitrogens with zero attached hydrogens (tertiary/aromatic N) is 1. The second kappa shape index (κ2) is 11.0. The molecule has 0 bridgehead atoms. The Bertz CT molecular complexity index is 1380. The van der Waals surface area contributed by atoms with E-state index < -0.39 is 5.91 Å². The molecule has 1 amide bonds. The normalized spacial score (nSPS) is 10.5. The summed E-state index contributed by atoms with van der Waals surface area (Å²) < 4.78 is 16.5. The fourth-order valence-corrected chi connectivity index (χ4v) is 3.50. The second-order valence-electron chi connectivity index (χ2n) is 7.61. The lowest BCUT2D eigenvalue weighted by atomic mass is 10.1. The van der Waals surface area contributed by atoms with Gasteiger partial charge in [-0.15, -0.1) is 0 Å². The molecule has 0 fully saturated rings. The molecule has 2 heterocycles. The lowest BCUT2D eigenvalue weighted by Crippen LogP contribution is -2.17. The van der Waals surface area contributed by atoms with E-state index >= 15 is 0 Å². The van der Waals surface area contributed by atoms with E-state index in [4.69, 9.17) is 14.2 Å². The van der Waals surface area contributed by atoms with E-state index in [1.165, 1.54) is 12.1 Å². The number of hydrogen-bond acceptors (Lipinski definition) is 6. The van der Waals surface area contributed by atoms with Crippen molar-refractivity contribution in [3.8, 4) is 28.6 Å². The number of rotatable bonds is 9. The molecule has 0 spiro atoms. The highest BCUT2D eigenvalue weighted by Gasteiger charge is 2.09. The SMILES string of the molecule is COc1ccc(CCOc2cccc(-c3cccc(NC(=O)c4cccc(=O)[nH]4)c3)n2)cc1OC. The summed E-state index contributed by atoms with van der Waals surface area (Å²) >= 11 is 0. The van der Waals surface area contributed by atoms with Gasteiger partial charge in [-0.25, -0.2) is 4.98 Å².